The molecule has 1 atom stereocenters. The highest BCUT2D eigenvalue weighted by Crippen LogP contribution is 2.40. The highest BCUT2D eigenvalue weighted by Gasteiger charge is 2.28. The Kier molecular flexibility index (Phi) is 8.95. The van der Waals surface area contributed by atoms with Gasteiger partial charge in [-0.1, -0.05) is 32.8 Å². The van der Waals surface area contributed by atoms with Gasteiger partial charge in [0.1, 0.15) is 5.00 Å². The molecule has 178 valence electrons. The Balaban J connectivity index is 1.71. The van der Waals surface area contributed by atoms with Crippen LogP contribution in [-0.2, 0) is 22.4 Å². The number of anilines is 1. The van der Waals surface area contributed by atoms with Crippen LogP contribution in [0.4, 0.5) is 5.00 Å². The lowest BCUT2D eigenvalue weighted by Crippen LogP contribution is -2.14. The highest BCUT2D eigenvalue weighted by atomic mass is 32.1. The lowest BCUT2D eigenvalue weighted by molar-refractivity contribution is -0.111. The maximum atomic E-state index is 12.7. The minimum atomic E-state index is -0.402. The van der Waals surface area contributed by atoms with Crippen molar-refractivity contribution in [3.05, 3.63) is 45.8 Å². The molecule has 0 saturated heterocycles. The first-order valence-corrected chi connectivity index (χ1v) is 12.3. The van der Waals surface area contributed by atoms with Gasteiger partial charge in [0.15, 0.2) is 11.5 Å². The number of esters is 1. The van der Waals surface area contributed by atoms with E-state index in [0.717, 1.165) is 54.5 Å². The molecule has 1 aliphatic rings. The SMILES string of the molecule is CCCCCOc1ccc(/C=C/C(=O)Nc2sc3c(c2C(=O)OC)CCC(C)C3)cc1OC. The molecule has 6 nitrogen and oxygen atoms in total. The average molecular weight is 472 g/mol. The number of carbonyl (C=O) groups is 2. The van der Waals surface area contributed by atoms with Gasteiger partial charge in [0.05, 0.1) is 26.4 Å². The van der Waals surface area contributed by atoms with Gasteiger partial charge in [-0.2, -0.15) is 0 Å². The Morgan fingerprint density at radius 3 is 2.76 bits per heavy atom. The summed E-state index contributed by atoms with van der Waals surface area (Å²) in [6, 6.07) is 5.57. The summed E-state index contributed by atoms with van der Waals surface area (Å²) in [6.07, 6.45) is 9.22. The number of rotatable bonds is 10. The van der Waals surface area contributed by atoms with Crippen LogP contribution in [0.1, 0.15) is 65.9 Å². The first-order valence-electron chi connectivity index (χ1n) is 11.5. The molecular weight excluding hydrogens is 438 g/mol. The third-order valence-electron chi connectivity index (χ3n) is 5.76. The topological polar surface area (TPSA) is 73.9 Å². The minimum absolute atomic E-state index is 0.300. The maximum absolute atomic E-state index is 12.7. The zero-order valence-corrected chi connectivity index (χ0v) is 20.7. The summed E-state index contributed by atoms with van der Waals surface area (Å²) < 4.78 is 16.2. The van der Waals surface area contributed by atoms with Crippen LogP contribution < -0.4 is 14.8 Å². The summed E-state index contributed by atoms with van der Waals surface area (Å²) >= 11 is 1.48. The number of hydrogen-bond acceptors (Lipinski definition) is 6. The van der Waals surface area contributed by atoms with Gasteiger partial charge in [-0.25, -0.2) is 4.79 Å². The van der Waals surface area contributed by atoms with Crippen LogP contribution in [0.2, 0.25) is 0 Å². The molecule has 0 bridgehead atoms. The summed E-state index contributed by atoms with van der Waals surface area (Å²) in [7, 11) is 2.97. The number of unbranched alkanes of at least 4 members (excludes halogenated alkanes) is 2. The van der Waals surface area contributed by atoms with Crippen LogP contribution in [0, 0.1) is 5.92 Å². The largest absolute Gasteiger partial charge is 0.493 e. The number of nitrogens with one attached hydrogen (secondary N) is 1. The van der Waals surface area contributed by atoms with Gasteiger partial charge in [-0.15, -0.1) is 11.3 Å². The van der Waals surface area contributed by atoms with E-state index in [1.807, 2.05) is 18.2 Å². The lowest BCUT2D eigenvalue weighted by atomic mass is 9.88. The number of amides is 1. The van der Waals surface area contributed by atoms with E-state index >= 15 is 0 Å². The van der Waals surface area contributed by atoms with E-state index < -0.39 is 5.97 Å². The number of methoxy groups -OCH3 is 2. The fourth-order valence-corrected chi connectivity index (χ4v) is 5.33. The standard InChI is InChI=1S/C26H33NO5S/c1-5-6-7-14-32-20-12-9-18(16-21(20)30-3)10-13-23(28)27-25-24(26(29)31-4)19-11-8-17(2)15-22(19)33-25/h9-10,12-13,16-17H,5-8,11,14-15H2,1-4H3,(H,27,28)/b13-10+. The van der Waals surface area contributed by atoms with Gasteiger partial charge < -0.3 is 19.5 Å². The second-order valence-electron chi connectivity index (χ2n) is 8.34. The number of benzene rings is 1. The van der Waals surface area contributed by atoms with E-state index in [1.54, 1.807) is 13.2 Å². The summed E-state index contributed by atoms with van der Waals surface area (Å²) in [5, 5.41) is 3.44. The molecule has 1 aliphatic carbocycles. The van der Waals surface area contributed by atoms with Gasteiger partial charge in [0, 0.05) is 11.0 Å². The first-order chi connectivity index (χ1) is 16.0. The van der Waals surface area contributed by atoms with Crippen molar-refractivity contribution >= 4 is 34.3 Å². The Morgan fingerprint density at radius 2 is 2.03 bits per heavy atom. The average Bonchev–Trinajstić information content (AvgIpc) is 3.16. The molecule has 0 radical (unpaired) electrons. The molecule has 1 N–H and O–H groups in total. The molecular formula is C26H33NO5S. The molecule has 3 rings (SSSR count). The van der Waals surface area contributed by atoms with Crippen LogP contribution in [0.3, 0.4) is 0 Å². The first kappa shape index (κ1) is 24.8. The molecule has 0 saturated carbocycles. The third-order valence-corrected chi connectivity index (χ3v) is 6.93. The van der Waals surface area contributed by atoms with Gasteiger partial charge in [0.25, 0.3) is 0 Å². The van der Waals surface area contributed by atoms with E-state index in [0.29, 0.717) is 34.6 Å². The summed E-state index contributed by atoms with van der Waals surface area (Å²) in [4.78, 5) is 26.2. The minimum Gasteiger partial charge on any atom is -0.493 e. The van der Waals surface area contributed by atoms with Crippen molar-refractivity contribution < 1.29 is 23.8 Å². The van der Waals surface area contributed by atoms with E-state index in [1.165, 1.54) is 24.5 Å². The van der Waals surface area contributed by atoms with Gasteiger partial charge >= 0.3 is 5.97 Å². The molecule has 2 aromatic rings. The molecule has 33 heavy (non-hydrogen) atoms. The molecule has 1 aromatic heterocycles. The maximum Gasteiger partial charge on any atom is 0.341 e. The predicted octanol–water partition coefficient (Wildman–Crippen LogP) is 5.89. The molecule has 1 unspecified atom stereocenters. The second kappa shape index (κ2) is 11.9. The molecule has 0 spiro atoms. The van der Waals surface area contributed by atoms with Crippen molar-refractivity contribution in [3.63, 3.8) is 0 Å². The fourth-order valence-electron chi connectivity index (χ4n) is 3.92. The number of fused-ring (bicyclic) bond motifs is 1. The number of carbonyl (C=O) groups excluding carboxylic acids is 2. The van der Waals surface area contributed by atoms with Crippen LogP contribution in [0.5, 0.6) is 11.5 Å². The third kappa shape index (κ3) is 6.38. The monoisotopic (exact) mass is 471 g/mol. The normalized spacial score (nSPS) is 15.2. The quantitative estimate of drug-likeness (QED) is 0.266. The molecule has 7 heteroatoms. The zero-order chi connectivity index (χ0) is 23.8. The molecule has 0 aliphatic heterocycles. The summed E-state index contributed by atoms with van der Waals surface area (Å²) in [5.41, 5.74) is 2.33. The Labute approximate surface area is 199 Å². The van der Waals surface area contributed by atoms with Gasteiger partial charge in [0.2, 0.25) is 5.91 Å². The number of thiophene rings is 1. The van der Waals surface area contributed by atoms with E-state index in [4.69, 9.17) is 14.2 Å². The predicted molar refractivity (Wildman–Crippen MR) is 133 cm³/mol. The Hall–Kier alpha value is -2.80. The van der Waals surface area contributed by atoms with Gasteiger partial charge in [-0.05, 0) is 60.9 Å². The van der Waals surface area contributed by atoms with Crippen molar-refractivity contribution in [2.75, 3.05) is 26.1 Å². The van der Waals surface area contributed by atoms with Crippen molar-refractivity contribution in [2.45, 2.75) is 52.4 Å². The van der Waals surface area contributed by atoms with E-state index in [9.17, 15) is 9.59 Å². The number of hydrogen-bond donors (Lipinski definition) is 1. The summed E-state index contributed by atoms with van der Waals surface area (Å²) in [6.45, 7) is 5.01. The van der Waals surface area contributed by atoms with Crippen molar-refractivity contribution in [1.82, 2.24) is 0 Å². The molecule has 1 heterocycles. The Bertz CT molecular complexity index is 1010. The van der Waals surface area contributed by atoms with Crippen LogP contribution in [0.15, 0.2) is 24.3 Å². The molecule has 1 aromatic carbocycles. The zero-order valence-electron chi connectivity index (χ0n) is 19.9. The van der Waals surface area contributed by atoms with Crippen LogP contribution >= 0.6 is 11.3 Å². The highest BCUT2D eigenvalue weighted by molar-refractivity contribution is 7.17. The molecule has 0 fully saturated rings. The number of ether oxygens (including phenoxy) is 3. The van der Waals surface area contributed by atoms with E-state index in [2.05, 4.69) is 19.2 Å². The van der Waals surface area contributed by atoms with Crippen molar-refractivity contribution in [3.8, 4) is 11.5 Å². The Morgan fingerprint density at radius 1 is 1.21 bits per heavy atom. The van der Waals surface area contributed by atoms with Gasteiger partial charge in [-0.3, -0.25) is 4.79 Å². The van der Waals surface area contributed by atoms with Crippen molar-refractivity contribution in [1.29, 1.82) is 0 Å². The van der Waals surface area contributed by atoms with E-state index in [-0.39, 0.29) is 5.91 Å². The van der Waals surface area contributed by atoms with Crippen molar-refractivity contribution in [2.24, 2.45) is 5.92 Å². The summed E-state index contributed by atoms with van der Waals surface area (Å²) in [5.74, 6) is 1.18. The smallest absolute Gasteiger partial charge is 0.341 e. The second-order valence-corrected chi connectivity index (χ2v) is 9.44. The van der Waals surface area contributed by atoms with Crippen LogP contribution in [-0.4, -0.2) is 32.7 Å². The van der Waals surface area contributed by atoms with Crippen LogP contribution in [0.25, 0.3) is 6.08 Å². The lowest BCUT2D eigenvalue weighted by Gasteiger charge is -2.18. The fraction of sp³-hybridized carbons (Fsp3) is 0.462. The molecule has 1 amide bonds.